The first-order chi connectivity index (χ1) is 14.5. The van der Waals surface area contributed by atoms with Gasteiger partial charge in [-0.05, 0) is 95.2 Å². The van der Waals surface area contributed by atoms with Crippen molar-refractivity contribution in [3.8, 4) is 11.5 Å². The van der Waals surface area contributed by atoms with Crippen LogP contribution >= 0.6 is 0 Å². The molecule has 0 bridgehead atoms. The number of allylic oxidation sites excluding steroid dienone is 1. The van der Waals surface area contributed by atoms with Gasteiger partial charge in [0.25, 0.3) is 0 Å². The van der Waals surface area contributed by atoms with E-state index in [1.54, 1.807) is 5.57 Å². The van der Waals surface area contributed by atoms with Gasteiger partial charge in [0.05, 0.1) is 0 Å². The standard InChI is InChI=1S/C28H32O2/c1-18(14-19-4-2-3-5-19)26(28-16-22-15-27(22,28)17-28)25(20-6-10-23(29)11-7-20)21-8-12-24(30)13-9-21/h6-13,18-19,22,29-30H,2-5,14-17H2,1H3. The van der Waals surface area contributed by atoms with Crippen LogP contribution in [0.3, 0.4) is 0 Å². The number of rotatable bonds is 6. The van der Waals surface area contributed by atoms with Crippen LogP contribution in [0.4, 0.5) is 0 Å². The van der Waals surface area contributed by atoms with E-state index < -0.39 is 0 Å². The van der Waals surface area contributed by atoms with E-state index in [-0.39, 0.29) is 0 Å². The molecule has 4 atom stereocenters. The third-order valence-electron chi connectivity index (χ3n) is 9.02. The summed E-state index contributed by atoms with van der Waals surface area (Å²) in [5.74, 6) is 3.06. The first kappa shape index (κ1) is 18.5. The molecule has 2 aromatic carbocycles. The van der Waals surface area contributed by atoms with Crippen molar-refractivity contribution < 1.29 is 10.2 Å². The van der Waals surface area contributed by atoms with Crippen LogP contribution < -0.4 is 0 Å². The van der Waals surface area contributed by atoms with E-state index in [9.17, 15) is 10.2 Å². The summed E-state index contributed by atoms with van der Waals surface area (Å²) in [4.78, 5) is 0. The predicted octanol–water partition coefficient (Wildman–Crippen LogP) is 6.92. The van der Waals surface area contributed by atoms with Gasteiger partial charge < -0.3 is 10.2 Å². The largest absolute Gasteiger partial charge is 0.508 e. The van der Waals surface area contributed by atoms with Gasteiger partial charge in [-0.15, -0.1) is 0 Å². The highest BCUT2D eigenvalue weighted by Gasteiger charge is 2.89. The lowest BCUT2D eigenvalue weighted by molar-refractivity contribution is 0.294. The minimum atomic E-state index is 0.316. The van der Waals surface area contributed by atoms with Crippen molar-refractivity contribution in [2.24, 2.45) is 28.6 Å². The summed E-state index contributed by atoms with van der Waals surface area (Å²) in [5.41, 5.74) is 6.49. The first-order valence-corrected chi connectivity index (χ1v) is 11.9. The Hall–Kier alpha value is -2.22. The van der Waals surface area contributed by atoms with Crippen LogP contribution in [0.5, 0.6) is 11.5 Å². The van der Waals surface area contributed by atoms with Gasteiger partial charge in [0.2, 0.25) is 0 Å². The van der Waals surface area contributed by atoms with Crippen molar-refractivity contribution in [2.75, 3.05) is 0 Å². The van der Waals surface area contributed by atoms with Crippen LogP contribution in [0.25, 0.3) is 5.57 Å². The summed E-state index contributed by atoms with van der Waals surface area (Å²) in [6, 6.07) is 15.6. The smallest absolute Gasteiger partial charge is 0.115 e. The van der Waals surface area contributed by atoms with E-state index in [1.165, 1.54) is 68.1 Å². The van der Waals surface area contributed by atoms with Crippen LogP contribution in [0, 0.1) is 28.6 Å². The maximum atomic E-state index is 9.91. The summed E-state index contributed by atoms with van der Waals surface area (Å²) in [6.45, 7) is 2.48. The molecule has 156 valence electrons. The Balaban J connectivity index is 1.51. The van der Waals surface area contributed by atoms with Crippen molar-refractivity contribution in [1.82, 2.24) is 0 Å². The molecule has 4 fully saturated rings. The Morgan fingerprint density at radius 3 is 1.90 bits per heavy atom. The average Bonchev–Trinajstić information content (AvgIpc) is 3.33. The third-order valence-corrected chi connectivity index (χ3v) is 9.02. The number of hydrogen-bond donors (Lipinski definition) is 2. The second kappa shape index (κ2) is 6.39. The van der Waals surface area contributed by atoms with Gasteiger partial charge in [0, 0.05) is 0 Å². The molecule has 2 nitrogen and oxygen atoms in total. The monoisotopic (exact) mass is 400 g/mol. The Kier molecular flexibility index (Phi) is 3.95. The molecular formula is C28H32O2. The highest BCUT2D eigenvalue weighted by atomic mass is 16.3. The molecule has 4 saturated carbocycles. The molecule has 0 saturated heterocycles. The van der Waals surface area contributed by atoms with E-state index in [1.807, 2.05) is 24.3 Å². The molecule has 2 N–H and O–H groups in total. The summed E-state index contributed by atoms with van der Waals surface area (Å²) in [7, 11) is 0. The molecule has 30 heavy (non-hydrogen) atoms. The van der Waals surface area contributed by atoms with E-state index in [4.69, 9.17) is 0 Å². The highest BCUT2D eigenvalue weighted by Crippen LogP contribution is 2.97. The highest BCUT2D eigenvalue weighted by molar-refractivity contribution is 5.85. The topological polar surface area (TPSA) is 40.5 Å². The van der Waals surface area contributed by atoms with Crippen LogP contribution in [0.2, 0.25) is 0 Å². The number of benzene rings is 2. The summed E-state index contributed by atoms with van der Waals surface area (Å²) >= 11 is 0. The lowest BCUT2D eigenvalue weighted by Crippen LogP contribution is -2.25. The number of phenolic OH excluding ortho intramolecular Hbond substituents is 2. The zero-order valence-corrected chi connectivity index (χ0v) is 17.9. The Morgan fingerprint density at radius 2 is 1.47 bits per heavy atom. The first-order valence-electron chi connectivity index (χ1n) is 11.9. The molecule has 4 aliphatic carbocycles. The molecule has 0 radical (unpaired) electrons. The maximum absolute atomic E-state index is 9.91. The molecule has 0 aliphatic heterocycles. The van der Waals surface area contributed by atoms with E-state index in [0.717, 1.165) is 11.8 Å². The zero-order valence-electron chi connectivity index (χ0n) is 17.9. The second-order valence-electron chi connectivity index (χ2n) is 10.7. The second-order valence-corrected chi connectivity index (χ2v) is 10.7. The SMILES string of the molecule is CC(CC1CCCC1)C(=C(c1ccc(O)cc1)c1ccc(O)cc1)C12CC3CC31C2. The molecule has 2 aromatic rings. The molecule has 0 heterocycles. The van der Waals surface area contributed by atoms with Crippen molar-refractivity contribution in [3.63, 3.8) is 0 Å². The lowest BCUT2D eigenvalue weighted by Gasteiger charge is -2.36. The number of aromatic hydroxyl groups is 2. The molecule has 1 spiro atoms. The fourth-order valence-electron chi connectivity index (χ4n) is 7.54. The van der Waals surface area contributed by atoms with E-state index in [0.29, 0.717) is 28.2 Å². The van der Waals surface area contributed by atoms with Gasteiger partial charge >= 0.3 is 0 Å². The normalized spacial score (nSPS) is 32.0. The molecule has 0 amide bonds. The van der Waals surface area contributed by atoms with Crippen molar-refractivity contribution >= 4 is 5.57 Å². The fourth-order valence-corrected chi connectivity index (χ4v) is 7.54. The molecule has 4 unspecified atom stereocenters. The number of phenols is 2. The summed E-state index contributed by atoms with van der Waals surface area (Å²) in [6.07, 6.45) is 11.1. The Morgan fingerprint density at radius 1 is 0.900 bits per heavy atom. The minimum absolute atomic E-state index is 0.316. The zero-order chi connectivity index (χ0) is 20.5. The van der Waals surface area contributed by atoms with Gasteiger partial charge in [-0.2, -0.15) is 0 Å². The quantitative estimate of drug-likeness (QED) is 0.553. The fraction of sp³-hybridized carbons (Fsp3) is 0.500. The van der Waals surface area contributed by atoms with Crippen molar-refractivity contribution in [2.45, 2.75) is 58.3 Å². The van der Waals surface area contributed by atoms with E-state index >= 15 is 0 Å². The van der Waals surface area contributed by atoms with E-state index in [2.05, 4.69) is 31.2 Å². The van der Waals surface area contributed by atoms with Crippen LogP contribution in [-0.2, 0) is 0 Å². The molecule has 4 aliphatic rings. The minimum Gasteiger partial charge on any atom is -0.508 e. The van der Waals surface area contributed by atoms with Crippen molar-refractivity contribution in [3.05, 3.63) is 65.2 Å². The molecule has 0 aromatic heterocycles. The Labute approximate surface area is 179 Å². The molecule has 6 rings (SSSR count). The van der Waals surface area contributed by atoms with Gasteiger partial charge in [-0.1, -0.05) is 62.4 Å². The van der Waals surface area contributed by atoms with Gasteiger partial charge in [-0.3, -0.25) is 0 Å². The average molecular weight is 401 g/mol. The number of hydrogen-bond acceptors (Lipinski definition) is 2. The van der Waals surface area contributed by atoms with Gasteiger partial charge in [0.15, 0.2) is 0 Å². The molecule has 2 heteroatoms. The van der Waals surface area contributed by atoms with Crippen LogP contribution in [0.1, 0.15) is 69.4 Å². The Bertz CT molecular complexity index is 944. The third kappa shape index (κ3) is 2.62. The predicted molar refractivity (Wildman–Crippen MR) is 120 cm³/mol. The summed E-state index contributed by atoms with van der Waals surface area (Å²) in [5, 5.41) is 19.8. The van der Waals surface area contributed by atoms with Crippen molar-refractivity contribution in [1.29, 1.82) is 0 Å². The van der Waals surface area contributed by atoms with Crippen LogP contribution in [0.15, 0.2) is 54.1 Å². The molecular weight excluding hydrogens is 368 g/mol. The van der Waals surface area contributed by atoms with Crippen LogP contribution in [-0.4, -0.2) is 10.2 Å². The summed E-state index contributed by atoms with van der Waals surface area (Å²) < 4.78 is 0. The maximum Gasteiger partial charge on any atom is 0.115 e. The van der Waals surface area contributed by atoms with Gasteiger partial charge in [0.1, 0.15) is 11.5 Å². The lowest BCUT2D eigenvalue weighted by atomic mass is 9.68. The van der Waals surface area contributed by atoms with Gasteiger partial charge in [-0.25, -0.2) is 0 Å².